The van der Waals surface area contributed by atoms with Crippen molar-refractivity contribution in [2.45, 2.75) is 74.3 Å². The molecule has 0 fully saturated rings. The lowest BCUT2D eigenvalue weighted by Gasteiger charge is -2.29. The van der Waals surface area contributed by atoms with E-state index in [4.69, 9.17) is 4.74 Å². The Labute approximate surface area is 160 Å². The van der Waals surface area contributed by atoms with E-state index in [-0.39, 0.29) is 11.8 Å². The maximum Gasteiger partial charge on any atom is 0.410 e. The second-order valence-corrected chi connectivity index (χ2v) is 5.81. The molecule has 1 aromatic heterocycles. The van der Waals surface area contributed by atoms with Crippen LogP contribution in [0.5, 0.6) is 5.75 Å². The molecule has 150 valence electrons. The van der Waals surface area contributed by atoms with Crippen LogP contribution in [-0.2, 0) is 4.74 Å². The molecule has 1 aliphatic rings. The summed E-state index contributed by atoms with van der Waals surface area (Å²) in [5.41, 5.74) is 1.45. The van der Waals surface area contributed by atoms with Gasteiger partial charge in [-0.25, -0.2) is 4.79 Å². The third-order valence-corrected chi connectivity index (χ3v) is 2.94. The summed E-state index contributed by atoms with van der Waals surface area (Å²) in [4.78, 5) is 17.8. The van der Waals surface area contributed by atoms with Gasteiger partial charge in [-0.05, 0) is 44.9 Å². The summed E-state index contributed by atoms with van der Waals surface area (Å²) < 4.78 is 5.34. The van der Waals surface area contributed by atoms with Crippen LogP contribution in [0.25, 0.3) is 5.57 Å². The summed E-state index contributed by atoms with van der Waals surface area (Å²) in [5, 5.41) is 9.23. The van der Waals surface area contributed by atoms with Crippen LogP contribution in [0.1, 0.15) is 74.4 Å². The monoisotopic (exact) mass is 366 g/mol. The average Bonchev–Trinajstić information content (AvgIpc) is 2.66. The number of aromatic hydroxyl groups is 1. The molecular formula is C21H38N2O3. The van der Waals surface area contributed by atoms with Crippen LogP contribution in [-0.4, -0.2) is 39.8 Å². The Morgan fingerprint density at radius 3 is 2.08 bits per heavy atom. The molecule has 1 aliphatic heterocycles. The fraction of sp³-hybridized carbons (Fsp3) is 0.619. The molecule has 0 spiro atoms. The van der Waals surface area contributed by atoms with E-state index < -0.39 is 5.60 Å². The van der Waals surface area contributed by atoms with Gasteiger partial charge in [-0.3, -0.25) is 4.98 Å². The van der Waals surface area contributed by atoms with Gasteiger partial charge in [0, 0.05) is 13.1 Å². The van der Waals surface area contributed by atoms with Crippen molar-refractivity contribution in [3.63, 3.8) is 0 Å². The molecule has 0 aliphatic carbocycles. The van der Waals surface area contributed by atoms with Gasteiger partial charge in [0.25, 0.3) is 0 Å². The van der Waals surface area contributed by atoms with Crippen molar-refractivity contribution in [2.75, 3.05) is 13.1 Å². The van der Waals surface area contributed by atoms with Gasteiger partial charge in [-0.2, -0.15) is 0 Å². The summed E-state index contributed by atoms with van der Waals surface area (Å²) in [6.07, 6.45) is 3.85. The van der Waals surface area contributed by atoms with Crippen molar-refractivity contribution in [1.29, 1.82) is 0 Å². The van der Waals surface area contributed by atoms with E-state index >= 15 is 0 Å². The third kappa shape index (κ3) is 10.1. The van der Waals surface area contributed by atoms with E-state index in [1.54, 1.807) is 17.0 Å². The Morgan fingerprint density at radius 2 is 1.69 bits per heavy atom. The quantitative estimate of drug-likeness (QED) is 0.673. The standard InChI is InChI=1S/C15H20N2O3.3C2H6/c1-15(2,3)20-14(19)17-8-6-11(7-9-17)13-5-4-12(18)10-16-13;3*1-2/h4-6,10,18H,7-9H2,1-3H3;3*1-2H3. The molecular weight excluding hydrogens is 328 g/mol. The molecule has 2 heterocycles. The first kappa shape index (κ1) is 26.2. The first-order chi connectivity index (χ1) is 12.3. The van der Waals surface area contributed by atoms with E-state index in [1.807, 2.05) is 68.4 Å². The van der Waals surface area contributed by atoms with Gasteiger partial charge >= 0.3 is 6.09 Å². The van der Waals surface area contributed by atoms with Crippen molar-refractivity contribution in [1.82, 2.24) is 9.88 Å². The summed E-state index contributed by atoms with van der Waals surface area (Å²) in [6, 6.07) is 3.40. The number of rotatable bonds is 1. The van der Waals surface area contributed by atoms with Crippen molar-refractivity contribution < 1.29 is 14.6 Å². The normalized spacial score (nSPS) is 12.8. The number of pyridine rings is 1. The van der Waals surface area contributed by atoms with Gasteiger partial charge in [-0.1, -0.05) is 47.6 Å². The Morgan fingerprint density at radius 1 is 1.12 bits per heavy atom. The second-order valence-electron chi connectivity index (χ2n) is 5.81. The van der Waals surface area contributed by atoms with Crippen molar-refractivity contribution >= 4 is 11.7 Å². The number of carbonyl (C=O) groups excluding carboxylic acids is 1. The van der Waals surface area contributed by atoms with Crippen LogP contribution in [0.2, 0.25) is 0 Å². The van der Waals surface area contributed by atoms with Crippen LogP contribution < -0.4 is 0 Å². The Balaban J connectivity index is 0. The molecule has 0 saturated heterocycles. The summed E-state index contributed by atoms with van der Waals surface area (Å²) in [7, 11) is 0. The average molecular weight is 367 g/mol. The number of nitrogens with zero attached hydrogens (tertiary/aromatic N) is 2. The smallest absolute Gasteiger partial charge is 0.410 e. The van der Waals surface area contributed by atoms with Gasteiger partial charge in [0.15, 0.2) is 0 Å². The van der Waals surface area contributed by atoms with E-state index in [0.717, 1.165) is 17.7 Å². The highest BCUT2D eigenvalue weighted by molar-refractivity contribution is 5.71. The first-order valence-corrected chi connectivity index (χ1v) is 9.67. The van der Waals surface area contributed by atoms with Gasteiger partial charge < -0.3 is 14.7 Å². The van der Waals surface area contributed by atoms with Crippen LogP contribution in [0.4, 0.5) is 4.79 Å². The Kier molecular flexibility index (Phi) is 14.3. The highest BCUT2D eigenvalue weighted by atomic mass is 16.6. The molecule has 0 radical (unpaired) electrons. The summed E-state index contributed by atoms with van der Waals surface area (Å²) >= 11 is 0. The maximum atomic E-state index is 11.9. The highest BCUT2D eigenvalue weighted by Gasteiger charge is 2.23. The highest BCUT2D eigenvalue weighted by Crippen LogP contribution is 2.22. The van der Waals surface area contributed by atoms with E-state index in [1.165, 1.54) is 6.20 Å². The topological polar surface area (TPSA) is 62.7 Å². The summed E-state index contributed by atoms with van der Waals surface area (Å²) in [6.45, 7) is 18.7. The molecule has 1 N–H and O–H groups in total. The minimum Gasteiger partial charge on any atom is -0.506 e. The molecule has 26 heavy (non-hydrogen) atoms. The molecule has 5 nitrogen and oxygen atoms in total. The Hall–Kier alpha value is -2.04. The molecule has 0 unspecified atom stereocenters. The molecule has 0 saturated carbocycles. The fourth-order valence-corrected chi connectivity index (χ4v) is 1.97. The maximum absolute atomic E-state index is 11.9. The lowest BCUT2D eigenvalue weighted by atomic mass is 10.0. The zero-order chi connectivity index (χ0) is 20.8. The molecule has 0 aromatic carbocycles. The number of amides is 1. The van der Waals surface area contributed by atoms with Crippen molar-refractivity contribution in [3.05, 3.63) is 30.1 Å². The molecule has 0 atom stereocenters. The number of hydrogen-bond acceptors (Lipinski definition) is 4. The zero-order valence-corrected chi connectivity index (χ0v) is 18.1. The number of aromatic nitrogens is 1. The van der Waals surface area contributed by atoms with Crippen molar-refractivity contribution in [2.24, 2.45) is 0 Å². The molecule has 1 aromatic rings. The second kappa shape index (κ2) is 14.2. The lowest BCUT2D eigenvalue weighted by molar-refractivity contribution is 0.0270. The summed E-state index contributed by atoms with van der Waals surface area (Å²) in [5.74, 6) is 0.153. The zero-order valence-electron chi connectivity index (χ0n) is 18.1. The number of hydrogen-bond donors (Lipinski definition) is 1. The fourth-order valence-electron chi connectivity index (χ4n) is 1.97. The number of carbonyl (C=O) groups is 1. The molecule has 1 amide bonds. The van der Waals surface area contributed by atoms with E-state index in [0.29, 0.717) is 13.1 Å². The lowest BCUT2D eigenvalue weighted by Crippen LogP contribution is -2.39. The van der Waals surface area contributed by atoms with Gasteiger partial charge in [-0.15, -0.1) is 0 Å². The SMILES string of the molecule is CC.CC.CC.CC(C)(C)OC(=O)N1CC=C(c2ccc(O)cn2)CC1. The third-order valence-electron chi connectivity index (χ3n) is 2.94. The minimum absolute atomic E-state index is 0.153. The largest absolute Gasteiger partial charge is 0.506 e. The number of ether oxygens (including phenoxy) is 1. The van der Waals surface area contributed by atoms with Crippen LogP contribution in [0.15, 0.2) is 24.4 Å². The molecule has 2 rings (SSSR count). The van der Waals surface area contributed by atoms with E-state index in [2.05, 4.69) is 4.98 Å². The van der Waals surface area contributed by atoms with Gasteiger partial charge in [0.1, 0.15) is 11.4 Å². The predicted octanol–water partition coefficient (Wildman–Crippen LogP) is 5.89. The Bertz CT molecular complexity index is 517. The van der Waals surface area contributed by atoms with Crippen LogP contribution in [0, 0.1) is 0 Å². The predicted molar refractivity (Wildman–Crippen MR) is 110 cm³/mol. The minimum atomic E-state index is -0.473. The molecule has 0 bridgehead atoms. The van der Waals surface area contributed by atoms with Crippen LogP contribution >= 0.6 is 0 Å². The van der Waals surface area contributed by atoms with Gasteiger partial charge in [0.05, 0.1) is 11.9 Å². The van der Waals surface area contributed by atoms with E-state index in [9.17, 15) is 9.90 Å². The van der Waals surface area contributed by atoms with Gasteiger partial charge in [0.2, 0.25) is 0 Å². The van der Waals surface area contributed by atoms with Crippen LogP contribution in [0.3, 0.4) is 0 Å². The first-order valence-electron chi connectivity index (χ1n) is 9.67. The molecule has 5 heteroatoms. The van der Waals surface area contributed by atoms with Crippen molar-refractivity contribution in [3.8, 4) is 5.75 Å².